The maximum atomic E-state index is 12.8. The molecule has 2 aromatic heterocycles. The molecule has 1 aromatic carbocycles. The molecule has 4 rings (SSSR count). The molecule has 1 aliphatic rings. The average Bonchev–Trinajstić information content (AvgIpc) is 2.77. The first kappa shape index (κ1) is 18.0. The van der Waals surface area contributed by atoms with E-state index in [2.05, 4.69) is 20.3 Å². The lowest BCUT2D eigenvalue weighted by Gasteiger charge is -2.31. The Kier molecular flexibility index (Phi) is 5.23. The quantitative estimate of drug-likeness (QED) is 0.755. The van der Waals surface area contributed by atoms with Crippen LogP contribution in [0.3, 0.4) is 0 Å². The fraction of sp³-hybridized carbons (Fsp3) is 0.286. The van der Waals surface area contributed by atoms with Crippen molar-refractivity contribution in [3.8, 4) is 0 Å². The predicted molar refractivity (Wildman–Crippen MR) is 104 cm³/mol. The SMILES string of the molecule is O=C(NCc1ccccn1)C1CCN(C(=O)c2ccc3nccnc3c2)CC1. The molecule has 0 bridgehead atoms. The highest BCUT2D eigenvalue weighted by Gasteiger charge is 2.27. The largest absolute Gasteiger partial charge is 0.350 e. The molecule has 0 spiro atoms. The maximum Gasteiger partial charge on any atom is 0.253 e. The van der Waals surface area contributed by atoms with Gasteiger partial charge in [-0.25, -0.2) is 0 Å². The molecule has 142 valence electrons. The second-order valence-corrected chi connectivity index (χ2v) is 6.87. The normalized spacial score (nSPS) is 14.8. The number of likely N-dealkylation sites (tertiary alicyclic amines) is 1. The summed E-state index contributed by atoms with van der Waals surface area (Å²) in [7, 11) is 0. The minimum absolute atomic E-state index is 0.0266. The highest BCUT2D eigenvalue weighted by atomic mass is 16.2. The van der Waals surface area contributed by atoms with Crippen LogP contribution in [0.2, 0.25) is 0 Å². The zero-order chi connectivity index (χ0) is 19.3. The number of carbonyl (C=O) groups is 2. The van der Waals surface area contributed by atoms with E-state index in [0.717, 1.165) is 11.2 Å². The van der Waals surface area contributed by atoms with Gasteiger partial charge in [0.1, 0.15) is 0 Å². The Bertz CT molecular complexity index is 984. The van der Waals surface area contributed by atoms with Gasteiger partial charge in [-0.05, 0) is 43.2 Å². The molecule has 1 N–H and O–H groups in total. The number of nitrogens with zero attached hydrogens (tertiary/aromatic N) is 4. The Morgan fingerprint density at radius 3 is 2.50 bits per heavy atom. The standard InChI is InChI=1S/C21H21N5O2/c27-20(25-14-17-3-1-2-8-22-17)15-6-11-26(12-7-15)21(28)16-4-5-18-19(13-16)24-10-9-23-18/h1-5,8-10,13,15H,6-7,11-12,14H2,(H,25,27). The number of carbonyl (C=O) groups excluding carboxylic acids is 2. The molecule has 0 atom stereocenters. The molecular weight excluding hydrogens is 354 g/mol. The minimum Gasteiger partial charge on any atom is -0.350 e. The summed E-state index contributed by atoms with van der Waals surface area (Å²) in [6.07, 6.45) is 6.28. The minimum atomic E-state index is -0.0739. The lowest BCUT2D eigenvalue weighted by atomic mass is 9.95. The Morgan fingerprint density at radius 1 is 0.964 bits per heavy atom. The van der Waals surface area contributed by atoms with E-state index in [1.54, 1.807) is 35.6 Å². The summed E-state index contributed by atoms with van der Waals surface area (Å²) >= 11 is 0. The molecule has 3 aromatic rings. The number of pyridine rings is 1. The van der Waals surface area contributed by atoms with Crippen LogP contribution in [0.5, 0.6) is 0 Å². The summed E-state index contributed by atoms with van der Waals surface area (Å²) in [4.78, 5) is 39.7. The van der Waals surface area contributed by atoms with Crippen LogP contribution >= 0.6 is 0 Å². The third kappa shape index (κ3) is 3.98. The molecule has 1 fully saturated rings. The van der Waals surface area contributed by atoms with Gasteiger partial charge in [0.25, 0.3) is 5.91 Å². The number of amides is 2. The highest BCUT2D eigenvalue weighted by Crippen LogP contribution is 2.20. The van der Waals surface area contributed by atoms with E-state index in [4.69, 9.17) is 0 Å². The van der Waals surface area contributed by atoms with E-state index < -0.39 is 0 Å². The summed E-state index contributed by atoms with van der Waals surface area (Å²) in [5.74, 6) is -0.0751. The fourth-order valence-corrected chi connectivity index (χ4v) is 3.45. The number of fused-ring (bicyclic) bond motifs is 1. The van der Waals surface area contributed by atoms with Crippen LogP contribution in [0.4, 0.5) is 0 Å². The Balaban J connectivity index is 1.32. The molecule has 3 heterocycles. The van der Waals surface area contributed by atoms with Gasteiger partial charge in [0.05, 0.1) is 23.3 Å². The van der Waals surface area contributed by atoms with Crippen LogP contribution in [0.15, 0.2) is 55.0 Å². The Hall–Kier alpha value is -3.35. The molecule has 28 heavy (non-hydrogen) atoms. The van der Waals surface area contributed by atoms with Crippen molar-refractivity contribution in [3.63, 3.8) is 0 Å². The second-order valence-electron chi connectivity index (χ2n) is 6.87. The van der Waals surface area contributed by atoms with Crippen LogP contribution in [-0.4, -0.2) is 44.8 Å². The zero-order valence-corrected chi connectivity index (χ0v) is 15.4. The smallest absolute Gasteiger partial charge is 0.253 e. The number of hydrogen-bond acceptors (Lipinski definition) is 5. The molecule has 1 aliphatic heterocycles. The van der Waals surface area contributed by atoms with Gasteiger partial charge in [-0.1, -0.05) is 6.07 Å². The van der Waals surface area contributed by atoms with Gasteiger partial charge in [-0.15, -0.1) is 0 Å². The number of hydrogen-bond donors (Lipinski definition) is 1. The molecule has 2 amide bonds. The number of benzene rings is 1. The molecular formula is C21H21N5O2. The van der Waals surface area contributed by atoms with Crippen molar-refractivity contribution in [2.75, 3.05) is 13.1 Å². The van der Waals surface area contributed by atoms with Gasteiger partial charge in [-0.3, -0.25) is 24.5 Å². The topological polar surface area (TPSA) is 88.1 Å². The first-order valence-electron chi connectivity index (χ1n) is 9.38. The summed E-state index contributed by atoms with van der Waals surface area (Å²) in [6.45, 7) is 1.56. The number of piperidine rings is 1. The van der Waals surface area contributed by atoms with Gasteiger partial charge >= 0.3 is 0 Å². The van der Waals surface area contributed by atoms with Crippen LogP contribution < -0.4 is 5.32 Å². The first-order chi connectivity index (χ1) is 13.7. The van der Waals surface area contributed by atoms with Crippen LogP contribution in [-0.2, 0) is 11.3 Å². The van der Waals surface area contributed by atoms with E-state index >= 15 is 0 Å². The zero-order valence-electron chi connectivity index (χ0n) is 15.4. The number of aromatic nitrogens is 3. The van der Waals surface area contributed by atoms with Crippen molar-refractivity contribution in [1.82, 2.24) is 25.2 Å². The van der Waals surface area contributed by atoms with E-state index in [1.165, 1.54) is 0 Å². The van der Waals surface area contributed by atoms with Crippen LogP contribution in [0.1, 0.15) is 28.9 Å². The molecule has 0 saturated carbocycles. The maximum absolute atomic E-state index is 12.8. The monoisotopic (exact) mass is 375 g/mol. The molecule has 1 saturated heterocycles. The lowest BCUT2D eigenvalue weighted by molar-refractivity contribution is -0.126. The molecule has 7 heteroatoms. The summed E-state index contributed by atoms with van der Waals surface area (Å²) < 4.78 is 0. The van der Waals surface area contributed by atoms with Crippen molar-refractivity contribution >= 4 is 22.8 Å². The third-order valence-electron chi connectivity index (χ3n) is 5.04. The van der Waals surface area contributed by atoms with E-state index in [0.29, 0.717) is 43.6 Å². The number of rotatable bonds is 4. The van der Waals surface area contributed by atoms with Gasteiger partial charge in [0.2, 0.25) is 5.91 Å². The predicted octanol–water partition coefficient (Wildman–Crippen LogP) is 2.19. The van der Waals surface area contributed by atoms with Gasteiger partial charge in [-0.2, -0.15) is 0 Å². The van der Waals surface area contributed by atoms with Crippen LogP contribution in [0.25, 0.3) is 11.0 Å². The first-order valence-corrected chi connectivity index (χ1v) is 9.38. The molecule has 0 aliphatic carbocycles. The molecule has 0 unspecified atom stereocenters. The van der Waals surface area contributed by atoms with Crippen molar-refractivity contribution in [3.05, 3.63) is 66.2 Å². The van der Waals surface area contributed by atoms with Crippen LogP contribution in [0, 0.1) is 5.92 Å². The highest BCUT2D eigenvalue weighted by molar-refractivity contribution is 5.97. The molecule has 0 radical (unpaired) electrons. The third-order valence-corrected chi connectivity index (χ3v) is 5.04. The van der Waals surface area contributed by atoms with E-state index in [1.807, 2.05) is 24.3 Å². The number of nitrogens with one attached hydrogen (secondary N) is 1. The van der Waals surface area contributed by atoms with Crippen molar-refractivity contribution in [1.29, 1.82) is 0 Å². The van der Waals surface area contributed by atoms with Crippen molar-refractivity contribution in [2.24, 2.45) is 5.92 Å². The summed E-state index contributed by atoms with van der Waals surface area (Å²) in [6, 6.07) is 11.0. The molecule has 7 nitrogen and oxygen atoms in total. The Morgan fingerprint density at radius 2 is 1.75 bits per heavy atom. The second kappa shape index (κ2) is 8.12. The van der Waals surface area contributed by atoms with Gasteiger partial charge in [0.15, 0.2) is 0 Å². The average molecular weight is 375 g/mol. The van der Waals surface area contributed by atoms with E-state index in [-0.39, 0.29) is 17.7 Å². The summed E-state index contributed by atoms with van der Waals surface area (Å²) in [5, 5.41) is 2.94. The van der Waals surface area contributed by atoms with E-state index in [9.17, 15) is 9.59 Å². The Labute approximate surface area is 162 Å². The van der Waals surface area contributed by atoms with Crippen molar-refractivity contribution < 1.29 is 9.59 Å². The van der Waals surface area contributed by atoms with Crippen molar-refractivity contribution in [2.45, 2.75) is 19.4 Å². The summed E-state index contributed by atoms with van der Waals surface area (Å²) in [5.41, 5.74) is 2.91. The van der Waals surface area contributed by atoms with Gasteiger partial charge in [0, 0.05) is 43.2 Å². The van der Waals surface area contributed by atoms with Gasteiger partial charge < -0.3 is 10.2 Å². The lowest BCUT2D eigenvalue weighted by Crippen LogP contribution is -2.43. The fourth-order valence-electron chi connectivity index (χ4n) is 3.45.